The highest BCUT2D eigenvalue weighted by Gasteiger charge is 2.20. The van der Waals surface area contributed by atoms with Crippen LogP contribution in [-0.2, 0) is 7.05 Å². The largest absolute Gasteiger partial charge is 0.318 e. The average molecular weight is 206 g/mol. The van der Waals surface area contributed by atoms with Crippen molar-refractivity contribution in [2.75, 3.05) is 0 Å². The minimum absolute atomic E-state index is 0.0567. The van der Waals surface area contributed by atoms with Crippen LogP contribution < -0.4 is 0 Å². The number of aryl methyl sites for hydroxylation is 3. The van der Waals surface area contributed by atoms with Gasteiger partial charge >= 0.3 is 0 Å². The summed E-state index contributed by atoms with van der Waals surface area (Å²) >= 11 is 0. The topological polar surface area (TPSA) is 73.8 Å². The first-order valence-electron chi connectivity index (χ1n) is 4.45. The van der Waals surface area contributed by atoms with E-state index in [1.165, 1.54) is 0 Å². The zero-order valence-electron chi connectivity index (χ0n) is 8.68. The Morgan fingerprint density at radius 3 is 2.73 bits per heavy atom. The van der Waals surface area contributed by atoms with Crippen molar-refractivity contribution in [1.29, 1.82) is 0 Å². The summed E-state index contributed by atoms with van der Waals surface area (Å²) in [5.41, 5.74) is 2.32. The Balaban J connectivity index is 2.91. The molecular weight excluding hydrogens is 196 g/mol. The van der Waals surface area contributed by atoms with E-state index in [1.807, 2.05) is 7.05 Å². The molecule has 2 aromatic rings. The third kappa shape index (κ3) is 1.25. The summed E-state index contributed by atoms with van der Waals surface area (Å²) in [5.74, 6) is 0. The van der Waals surface area contributed by atoms with E-state index in [0.717, 1.165) is 0 Å². The van der Waals surface area contributed by atoms with Gasteiger partial charge in [-0.3, -0.25) is 10.1 Å². The third-order valence-electron chi connectivity index (χ3n) is 2.42. The molecule has 0 amide bonds. The van der Waals surface area contributed by atoms with Gasteiger partial charge in [0.05, 0.1) is 16.8 Å². The molecule has 0 unspecified atom stereocenters. The quantitative estimate of drug-likeness (QED) is 0.523. The maximum atomic E-state index is 10.8. The van der Waals surface area contributed by atoms with Gasteiger partial charge in [0, 0.05) is 7.05 Å². The molecule has 0 spiro atoms. The van der Waals surface area contributed by atoms with Gasteiger partial charge in [-0.2, -0.15) is 0 Å². The van der Waals surface area contributed by atoms with E-state index in [0.29, 0.717) is 22.4 Å². The van der Waals surface area contributed by atoms with E-state index in [4.69, 9.17) is 0 Å². The van der Waals surface area contributed by atoms with Crippen LogP contribution in [0.2, 0.25) is 0 Å². The number of nitro groups is 1. The lowest BCUT2D eigenvalue weighted by atomic mass is 10.2. The summed E-state index contributed by atoms with van der Waals surface area (Å²) in [6.07, 6.45) is 1.60. The van der Waals surface area contributed by atoms with Crippen LogP contribution in [0.5, 0.6) is 0 Å². The lowest BCUT2D eigenvalue weighted by Crippen LogP contribution is -2.00. The van der Waals surface area contributed by atoms with E-state index in [9.17, 15) is 10.1 Å². The first-order chi connectivity index (χ1) is 7.02. The Hall–Kier alpha value is -1.98. The number of hydrogen-bond donors (Lipinski definition) is 0. The van der Waals surface area contributed by atoms with Crippen molar-refractivity contribution in [3.63, 3.8) is 0 Å². The molecule has 0 atom stereocenters. The number of pyridine rings is 1. The fraction of sp³-hybridized carbons (Fsp3) is 0.333. The molecule has 15 heavy (non-hydrogen) atoms. The van der Waals surface area contributed by atoms with Gasteiger partial charge in [-0.05, 0) is 13.8 Å². The smallest absolute Gasteiger partial charge is 0.295 e. The highest BCUT2D eigenvalue weighted by atomic mass is 16.6. The molecule has 0 aliphatic heterocycles. The predicted octanol–water partition coefficient (Wildman–Crippen LogP) is 1.49. The van der Waals surface area contributed by atoms with Gasteiger partial charge in [0.1, 0.15) is 11.2 Å². The lowest BCUT2D eigenvalue weighted by molar-refractivity contribution is -0.386. The summed E-state index contributed by atoms with van der Waals surface area (Å²) < 4.78 is 1.75. The van der Waals surface area contributed by atoms with Crippen molar-refractivity contribution >= 4 is 16.9 Å². The molecule has 2 rings (SSSR count). The average Bonchev–Trinajstić information content (AvgIpc) is 2.47. The summed E-state index contributed by atoms with van der Waals surface area (Å²) in [6.45, 7) is 3.33. The number of rotatable bonds is 1. The minimum Gasteiger partial charge on any atom is -0.318 e. The van der Waals surface area contributed by atoms with Crippen molar-refractivity contribution in [1.82, 2.24) is 14.5 Å². The van der Waals surface area contributed by atoms with Crippen molar-refractivity contribution in [3.8, 4) is 0 Å². The summed E-state index contributed by atoms with van der Waals surface area (Å²) in [5, 5.41) is 10.8. The number of aromatic nitrogens is 3. The normalized spacial score (nSPS) is 10.9. The molecule has 6 heteroatoms. The van der Waals surface area contributed by atoms with Gasteiger partial charge in [-0.1, -0.05) is 0 Å². The fourth-order valence-electron chi connectivity index (χ4n) is 1.68. The van der Waals surface area contributed by atoms with Crippen molar-refractivity contribution < 1.29 is 4.92 Å². The van der Waals surface area contributed by atoms with Crippen LogP contribution in [0.3, 0.4) is 0 Å². The standard InChI is InChI=1S/C9H10N4O2/c1-5-7-9(12(3)4-10-7)11-6(2)8(5)13(14)15/h4H,1-3H3. The predicted molar refractivity (Wildman–Crippen MR) is 54.6 cm³/mol. The van der Waals surface area contributed by atoms with E-state index < -0.39 is 4.92 Å². The molecule has 2 heterocycles. The maximum absolute atomic E-state index is 10.8. The Labute approximate surface area is 85.7 Å². The maximum Gasteiger partial charge on any atom is 0.295 e. The van der Waals surface area contributed by atoms with Gasteiger partial charge in [0.2, 0.25) is 0 Å². The second-order valence-electron chi connectivity index (χ2n) is 3.46. The summed E-state index contributed by atoms with van der Waals surface area (Å²) in [6, 6.07) is 0. The highest BCUT2D eigenvalue weighted by Crippen LogP contribution is 2.26. The molecule has 0 bridgehead atoms. The molecule has 0 saturated carbocycles. The number of imidazole rings is 1. The van der Waals surface area contributed by atoms with E-state index in [2.05, 4.69) is 9.97 Å². The van der Waals surface area contributed by atoms with Gasteiger partial charge in [0.15, 0.2) is 5.65 Å². The van der Waals surface area contributed by atoms with Crippen molar-refractivity contribution in [2.45, 2.75) is 13.8 Å². The summed E-state index contributed by atoms with van der Waals surface area (Å²) in [7, 11) is 1.81. The molecule has 0 aliphatic rings. The highest BCUT2D eigenvalue weighted by molar-refractivity contribution is 5.79. The molecular formula is C9H10N4O2. The first kappa shape index (κ1) is 9.57. The lowest BCUT2D eigenvalue weighted by Gasteiger charge is -2.01. The molecule has 0 saturated heterocycles. The van der Waals surface area contributed by atoms with E-state index in [1.54, 1.807) is 24.7 Å². The molecule has 6 nitrogen and oxygen atoms in total. The molecule has 0 aliphatic carbocycles. The first-order valence-corrected chi connectivity index (χ1v) is 4.45. The van der Waals surface area contributed by atoms with Crippen molar-refractivity contribution in [2.24, 2.45) is 7.05 Å². The van der Waals surface area contributed by atoms with Gasteiger partial charge in [0.25, 0.3) is 5.69 Å². The molecule has 2 aromatic heterocycles. The number of fused-ring (bicyclic) bond motifs is 1. The van der Waals surface area contributed by atoms with E-state index >= 15 is 0 Å². The van der Waals surface area contributed by atoms with Crippen LogP contribution in [0.4, 0.5) is 5.69 Å². The van der Waals surface area contributed by atoms with Crippen LogP contribution in [0.15, 0.2) is 6.33 Å². The molecule has 0 radical (unpaired) electrons. The van der Waals surface area contributed by atoms with Crippen LogP contribution in [0.1, 0.15) is 11.3 Å². The summed E-state index contributed by atoms with van der Waals surface area (Å²) in [4.78, 5) is 18.7. The fourth-order valence-corrected chi connectivity index (χ4v) is 1.68. The third-order valence-corrected chi connectivity index (χ3v) is 2.42. The molecule has 0 aromatic carbocycles. The van der Waals surface area contributed by atoms with Crippen LogP contribution in [0.25, 0.3) is 11.2 Å². The van der Waals surface area contributed by atoms with Crippen LogP contribution >= 0.6 is 0 Å². The molecule has 0 fully saturated rings. The number of nitrogens with zero attached hydrogens (tertiary/aromatic N) is 4. The van der Waals surface area contributed by atoms with Crippen molar-refractivity contribution in [3.05, 3.63) is 27.7 Å². The van der Waals surface area contributed by atoms with Gasteiger partial charge in [-0.25, -0.2) is 9.97 Å². The Kier molecular flexibility index (Phi) is 1.92. The van der Waals surface area contributed by atoms with Crippen LogP contribution in [-0.4, -0.2) is 19.5 Å². The monoisotopic (exact) mass is 206 g/mol. The van der Waals surface area contributed by atoms with Crippen LogP contribution in [0, 0.1) is 24.0 Å². The van der Waals surface area contributed by atoms with E-state index in [-0.39, 0.29) is 5.69 Å². The Morgan fingerprint density at radius 1 is 1.47 bits per heavy atom. The second-order valence-corrected chi connectivity index (χ2v) is 3.46. The number of hydrogen-bond acceptors (Lipinski definition) is 4. The second kappa shape index (κ2) is 3.01. The van der Waals surface area contributed by atoms with Gasteiger partial charge in [-0.15, -0.1) is 0 Å². The minimum atomic E-state index is -0.411. The Morgan fingerprint density at radius 2 is 2.13 bits per heavy atom. The zero-order chi connectivity index (χ0) is 11.2. The zero-order valence-corrected chi connectivity index (χ0v) is 8.68. The van der Waals surface area contributed by atoms with Gasteiger partial charge < -0.3 is 4.57 Å². The Bertz CT molecular complexity index is 559. The SMILES string of the molecule is Cc1nc2c(ncn2C)c(C)c1[N+](=O)[O-]. The molecule has 78 valence electrons. The molecule has 0 N–H and O–H groups in total.